The number of nitrogens with zero attached hydrogens (tertiary/aromatic N) is 2. The van der Waals surface area contributed by atoms with Gasteiger partial charge in [-0.1, -0.05) is 178 Å². The van der Waals surface area contributed by atoms with Gasteiger partial charge in [-0.15, -0.1) is 0 Å². The van der Waals surface area contributed by atoms with E-state index in [2.05, 4.69) is 65.4 Å². The van der Waals surface area contributed by atoms with Crippen LogP contribution in [0.2, 0.25) is 0 Å². The molecule has 0 amide bonds. The van der Waals surface area contributed by atoms with Crippen molar-refractivity contribution < 1.29 is 38.1 Å². The highest BCUT2D eigenvalue weighted by molar-refractivity contribution is 6.03. The summed E-state index contributed by atoms with van der Waals surface area (Å²) in [6.07, 6.45) is 16.7. The van der Waals surface area contributed by atoms with Gasteiger partial charge in [0, 0.05) is 90.9 Å². The van der Waals surface area contributed by atoms with Gasteiger partial charge in [-0.05, 0) is 122 Å². The van der Waals surface area contributed by atoms with Gasteiger partial charge in [0.25, 0.3) is 0 Å². The summed E-state index contributed by atoms with van der Waals surface area (Å²) < 4.78 is 25.2. The molecule has 0 saturated heterocycles. The molecule has 0 atom stereocenters. The van der Waals surface area contributed by atoms with E-state index < -0.39 is 23.9 Å². The predicted molar refractivity (Wildman–Crippen MR) is 356 cm³/mol. The molecule has 4 aromatic carbocycles. The number of nitrogens with one attached hydrogen (secondary N) is 2. The Hall–Kier alpha value is -9.68. The highest BCUT2D eigenvalue weighted by Gasteiger charge is 2.25. The van der Waals surface area contributed by atoms with E-state index in [4.69, 9.17) is 28.9 Å². The number of esters is 4. The van der Waals surface area contributed by atoms with E-state index in [9.17, 15) is 19.2 Å². The minimum absolute atomic E-state index is 0.133. The number of ether oxygens (including phenoxy) is 4. The number of rotatable bonds is 20. The molecule has 7 aromatic rings. The molecule has 2 aliphatic heterocycles. The van der Waals surface area contributed by atoms with Crippen molar-refractivity contribution in [2.75, 3.05) is 0 Å². The molecule has 88 heavy (non-hydrogen) atoms. The molecule has 0 spiro atoms. The summed E-state index contributed by atoms with van der Waals surface area (Å²) >= 11 is 0. The van der Waals surface area contributed by atoms with E-state index in [1.165, 1.54) is 0 Å². The van der Waals surface area contributed by atoms with Crippen molar-refractivity contribution >= 4 is 70.2 Å². The van der Waals surface area contributed by atoms with Gasteiger partial charge < -0.3 is 28.9 Å². The van der Waals surface area contributed by atoms with Crippen molar-refractivity contribution in [1.82, 2.24) is 19.9 Å². The molecule has 0 fully saturated rings. The van der Waals surface area contributed by atoms with E-state index in [0.717, 1.165) is 22.3 Å². The van der Waals surface area contributed by atoms with Crippen LogP contribution in [0.25, 0.3) is 90.9 Å². The Balaban J connectivity index is 1.43. The molecule has 12 heteroatoms. The number of hydrogen-bond acceptors (Lipinski definition) is 10. The Morgan fingerprint density at radius 1 is 0.341 bits per heavy atom. The molecule has 0 unspecified atom stereocenters. The fourth-order valence-corrected chi connectivity index (χ4v) is 11.3. The molecular weight excluding hydrogens is 1100 g/mol. The molecule has 8 bridgehead atoms. The van der Waals surface area contributed by atoms with Crippen LogP contribution < -0.4 is 18.9 Å². The van der Waals surface area contributed by atoms with Crippen LogP contribution >= 0.6 is 0 Å². The highest BCUT2D eigenvalue weighted by atomic mass is 16.5. The average Bonchev–Trinajstić information content (AvgIpc) is 2.16. The standard InChI is InChI=1S/C76H78N4O8/c1-13-49(45(5)6)41-69(81)85-65-29-21-17-25-53(65)73-57-33-35-59(77-57)74(54-26-18-22-30-66(54)86-70(82)42-50(14-2)46(7)8)61-37-39-63(79-61)76(56-28-20-24-32-68(56)88-72(84)44-52(16-4)48(11)12)64-40-38-62(80-64)75(60-36-34-58(73)78-60)55-27-19-23-31-67(55)87-71(83)43-51(15-3)47(9)10/h17-48,77,80H,13-16H2,1-12H3. The number of fused-ring (bicyclic) bond motifs is 8. The minimum atomic E-state index is -0.506. The second-order valence-corrected chi connectivity index (χ2v) is 23.1. The van der Waals surface area contributed by atoms with Gasteiger partial charge in [0.05, 0.1) is 22.8 Å². The van der Waals surface area contributed by atoms with Crippen molar-refractivity contribution in [3.63, 3.8) is 0 Å². The Bertz CT molecular complexity index is 3670. The van der Waals surface area contributed by atoms with Gasteiger partial charge >= 0.3 is 23.9 Å². The van der Waals surface area contributed by atoms with E-state index in [1.54, 1.807) is 48.6 Å². The monoisotopic (exact) mass is 1170 g/mol. The number of H-pyrrole nitrogens is 2. The Morgan fingerprint density at radius 3 is 0.739 bits per heavy atom. The quantitative estimate of drug-likeness (QED) is 0.0427. The van der Waals surface area contributed by atoms with Crippen LogP contribution in [0.1, 0.15) is 132 Å². The topological polar surface area (TPSA) is 163 Å². The summed E-state index contributed by atoms with van der Waals surface area (Å²) in [7, 11) is 0. The van der Waals surface area contributed by atoms with E-state index in [-0.39, 0.29) is 23.7 Å². The number of allylic oxidation sites excluding steroid dienone is 4. The van der Waals surface area contributed by atoms with Gasteiger partial charge in [0.2, 0.25) is 0 Å². The number of aromatic amines is 2. The molecule has 0 aliphatic carbocycles. The van der Waals surface area contributed by atoms with Crippen molar-refractivity contribution in [3.05, 3.63) is 191 Å². The van der Waals surface area contributed by atoms with Crippen molar-refractivity contribution in [2.45, 2.75) is 109 Å². The zero-order valence-electron chi connectivity index (χ0n) is 52.5. The first-order chi connectivity index (χ1) is 42.4. The summed E-state index contributed by atoms with van der Waals surface area (Å²) in [4.78, 5) is 74.4. The molecule has 5 heterocycles. The first kappa shape index (κ1) is 62.8. The minimum Gasteiger partial charge on any atom is -0.423 e. The van der Waals surface area contributed by atoms with Gasteiger partial charge in [-0.2, -0.15) is 0 Å². The lowest BCUT2D eigenvalue weighted by atomic mass is 10.0. The molecule has 450 valence electrons. The first-order valence-corrected chi connectivity index (χ1v) is 30.6. The molecular formula is C76H78N4O8. The molecule has 3 aromatic heterocycles. The highest BCUT2D eigenvalue weighted by Crippen LogP contribution is 2.44. The third-order valence-electron chi connectivity index (χ3n) is 16.0. The van der Waals surface area contributed by atoms with Crippen molar-refractivity contribution in [3.8, 4) is 67.5 Å². The third-order valence-corrected chi connectivity index (χ3v) is 16.0. The molecule has 2 aliphatic rings. The van der Waals surface area contributed by atoms with Crippen LogP contribution in [-0.4, -0.2) is 43.8 Å². The van der Waals surface area contributed by atoms with Crippen LogP contribution in [0.15, 0.2) is 168 Å². The van der Waals surface area contributed by atoms with Gasteiger partial charge in [0.1, 0.15) is 23.0 Å². The number of carbonyl (C=O) groups is 4. The molecule has 0 radical (unpaired) electrons. The van der Waals surface area contributed by atoms with Gasteiger partial charge in [0.15, 0.2) is 0 Å². The van der Waals surface area contributed by atoms with E-state index in [0.29, 0.717) is 138 Å². The Morgan fingerprint density at radius 2 is 0.545 bits per heavy atom. The maximum absolute atomic E-state index is 14.0. The largest absolute Gasteiger partial charge is 0.423 e. The van der Waals surface area contributed by atoms with Crippen molar-refractivity contribution in [2.24, 2.45) is 23.7 Å². The lowest BCUT2D eigenvalue weighted by Crippen LogP contribution is -2.08. The number of hydrogen-bond donors (Lipinski definition) is 2. The maximum Gasteiger partial charge on any atom is 0.336 e. The summed E-state index contributed by atoms with van der Waals surface area (Å²) in [6, 6.07) is 37.4. The second kappa shape index (κ2) is 28.2. The SMILES string of the molecule is CCC(=CC(=O)Oc1ccccc1-c1c2nc(c(-c3ccccc3OC(=O)C=C(CC)C(C)C)c3ccc([nH]3)c(-c3ccccc3OC(=O)C=C(CC)C(C)C)c3nc(c(-c4ccccc4OC(=O)C=C(CC)C(C)C)c4ccc1[nH]4)C=C3)C=C2)C(C)C. The van der Waals surface area contributed by atoms with E-state index >= 15 is 0 Å². The lowest BCUT2D eigenvalue weighted by molar-refractivity contribution is -0.130. The summed E-state index contributed by atoms with van der Waals surface area (Å²) in [5.41, 5.74) is 13.0. The molecule has 12 nitrogen and oxygen atoms in total. The molecule has 9 rings (SSSR count). The fraction of sp³-hybridized carbons (Fsp3) is 0.263. The first-order valence-electron chi connectivity index (χ1n) is 30.6. The van der Waals surface area contributed by atoms with Gasteiger partial charge in [-0.3, -0.25) is 0 Å². The average molecular weight is 1180 g/mol. The Kier molecular flexibility index (Phi) is 20.2. The molecule has 2 N–H and O–H groups in total. The zero-order chi connectivity index (χ0) is 62.8. The Labute approximate surface area is 516 Å². The number of benzene rings is 4. The molecule has 0 saturated carbocycles. The third kappa shape index (κ3) is 14.2. The van der Waals surface area contributed by atoms with Crippen LogP contribution in [-0.2, 0) is 19.2 Å². The summed E-state index contributed by atoms with van der Waals surface area (Å²) in [6.45, 7) is 24.5. The van der Waals surface area contributed by atoms with Crippen LogP contribution in [0, 0.1) is 23.7 Å². The van der Waals surface area contributed by atoms with Gasteiger partial charge in [-0.25, -0.2) is 29.1 Å². The summed E-state index contributed by atoms with van der Waals surface area (Å²) in [5.74, 6) is -0.253. The predicted octanol–water partition coefficient (Wildman–Crippen LogP) is 18.9. The van der Waals surface area contributed by atoms with Crippen LogP contribution in [0.4, 0.5) is 0 Å². The number of aromatic nitrogens is 4. The fourth-order valence-electron chi connectivity index (χ4n) is 11.3. The zero-order valence-corrected chi connectivity index (χ0v) is 52.5. The van der Waals surface area contributed by atoms with Crippen LogP contribution in [0.3, 0.4) is 0 Å². The normalized spacial score (nSPS) is 12.8. The maximum atomic E-state index is 14.0. The van der Waals surface area contributed by atoms with E-state index in [1.807, 2.05) is 149 Å². The van der Waals surface area contributed by atoms with Crippen molar-refractivity contribution in [1.29, 1.82) is 0 Å². The summed E-state index contributed by atoms with van der Waals surface area (Å²) in [5, 5.41) is 0. The smallest absolute Gasteiger partial charge is 0.336 e. The lowest BCUT2D eigenvalue weighted by Gasteiger charge is -2.13. The number of carbonyl (C=O) groups excluding carboxylic acids is 4. The second-order valence-electron chi connectivity index (χ2n) is 23.1. The van der Waals surface area contributed by atoms with Crippen LogP contribution in [0.5, 0.6) is 23.0 Å². The number of para-hydroxylation sites is 4.